The molecule has 166 valence electrons. The molecule has 0 aromatic heterocycles. The van der Waals surface area contributed by atoms with E-state index in [-0.39, 0.29) is 5.54 Å². The number of ether oxygens (including phenoxy) is 1. The van der Waals surface area contributed by atoms with Gasteiger partial charge in [0.1, 0.15) is 0 Å². The zero-order chi connectivity index (χ0) is 21.0. The lowest BCUT2D eigenvalue weighted by atomic mass is 9.95. The molecule has 3 saturated heterocycles. The summed E-state index contributed by atoms with van der Waals surface area (Å²) < 4.78 is 5.60. The molecule has 3 aliphatic rings. The van der Waals surface area contributed by atoms with Crippen molar-refractivity contribution in [3.63, 3.8) is 0 Å². The fourth-order valence-electron chi connectivity index (χ4n) is 4.95. The minimum atomic E-state index is 0.241. The van der Waals surface area contributed by atoms with E-state index < -0.39 is 0 Å². The lowest BCUT2D eigenvalue weighted by Gasteiger charge is -2.44. The van der Waals surface area contributed by atoms with Gasteiger partial charge < -0.3 is 19.9 Å². The van der Waals surface area contributed by atoms with Gasteiger partial charge in [-0.15, -0.1) is 0 Å². The molecular weight excluding hydrogens is 394 g/mol. The molecule has 1 N–H and O–H groups in total. The number of piperazine rings is 1. The van der Waals surface area contributed by atoms with E-state index in [0.717, 1.165) is 65.0 Å². The second kappa shape index (κ2) is 9.79. The van der Waals surface area contributed by atoms with Gasteiger partial charge in [0.15, 0.2) is 5.96 Å². The Labute approximate surface area is 186 Å². The second-order valence-electron chi connectivity index (χ2n) is 8.72. The minimum Gasteiger partial charge on any atom is -0.379 e. The molecule has 1 aromatic rings. The molecule has 3 aliphatic heterocycles. The summed E-state index contributed by atoms with van der Waals surface area (Å²) in [4.78, 5) is 12.3. The molecule has 1 unspecified atom stereocenters. The average molecular weight is 432 g/mol. The van der Waals surface area contributed by atoms with Crippen molar-refractivity contribution in [2.24, 2.45) is 4.99 Å². The van der Waals surface area contributed by atoms with Crippen LogP contribution >= 0.6 is 11.8 Å². The van der Waals surface area contributed by atoms with Crippen LogP contribution in [0, 0.1) is 13.8 Å². The standard InChI is InChI=1S/C23H37N5OS/c1-19-5-4-6-21(20(19)2)26-8-10-27(11-9-26)22(24-3)25-17-23(7-16-30-18-23)28-12-14-29-15-13-28/h4-6H,7-18H2,1-3H3,(H,24,25). The van der Waals surface area contributed by atoms with E-state index >= 15 is 0 Å². The van der Waals surface area contributed by atoms with Crippen LogP contribution in [0.4, 0.5) is 5.69 Å². The number of anilines is 1. The van der Waals surface area contributed by atoms with Crippen molar-refractivity contribution in [2.45, 2.75) is 25.8 Å². The van der Waals surface area contributed by atoms with Gasteiger partial charge in [-0.3, -0.25) is 9.89 Å². The third-order valence-corrected chi connectivity index (χ3v) is 8.28. The molecule has 0 bridgehead atoms. The molecule has 6 nitrogen and oxygen atoms in total. The van der Waals surface area contributed by atoms with E-state index in [4.69, 9.17) is 4.74 Å². The molecule has 0 aliphatic carbocycles. The highest BCUT2D eigenvalue weighted by atomic mass is 32.2. The summed E-state index contributed by atoms with van der Waals surface area (Å²) in [7, 11) is 1.92. The molecule has 4 rings (SSSR count). The second-order valence-corrected chi connectivity index (χ2v) is 9.83. The molecule has 1 atom stereocenters. The molecule has 0 radical (unpaired) electrons. The van der Waals surface area contributed by atoms with Gasteiger partial charge in [0, 0.05) is 69.8 Å². The molecule has 30 heavy (non-hydrogen) atoms. The smallest absolute Gasteiger partial charge is 0.193 e. The highest BCUT2D eigenvalue weighted by Crippen LogP contribution is 2.33. The highest BCUT2D eigenvalue weighted by molar-refractivity contribution is 7.99. The third-order valence-electron chi connectivity index (χ3n) is 7.05. The predicted molar refractivity (Wildman–Crippen MR) is 128 cm³/mol. The Bertz CT molecular complexity index is 735. The molecule has 0 amide bonds. The minimum absolute atomic E-state index is 0.241. The summed E-state index contributed by atoms with van der Waals surface area (Å²) >= 11 is 2.09. The predicted octanol–water partition coefficient (Wildman–Crippen LogP) is 2.21. The summed E-state index contributed by atoms with van der Waals surface area (Å²) in [6, 6.07) is 6.64. The molecule has 3 heterocycles. The largest absolute Gasteiger partial charge is 0.379 e. The summed E-state index contributed by atoms with van der Waals surface area (Å²) in [6.07, 6.45) is 1.25. The Hall–Kier alpha value is -1.44. The topological polar surface area (TPSA) is 43.3 Å². The van der Waals surface area contributed by atoms with Crippen LogP contribution in [0.5, 0.6) is 0 Å². The van der Waals surface area contributed by atoms with Crippen molar-refractivity contribution in [1.82, 2.24) is 15.1 Å². The zero-order valence-corrected chi connectivity index (χ0v) is 19.6. The van der Waals surface area contributed by atoms with E-state index in [1.165, 1.54) is 34.7 Å². The van der Waals surface area contributed by atoms with Crippen molar-refractivity contribution in [1.29, 1.82) is 0 Å². The number of guanidine groups is 1. The highest BCUT2D eigenvalue weighted by Gasteiger charge is 2.41. The van der Waals surface area contributed by atoms with Gasteiger partial charge in [0.2, 0.25) is 0 Å². The number of benzene rings is 1. The number of hydrogen-bond donors (Lipinski definition) is 1. The van der Waals surface area contributed by atoms with Gasteiger partial charge in [0.05, 0.1) is 13.2 Å². The van der Waals surface area contributed by atoms with Gasteiger partial charge in [-0.2, -0.15) is 11.8 Å². The van der Waals surface area contributed by atoms with Crippen LogP contribution < -0.4 is 10.2 Å². The van der Waals surface area contributed by atoms with Crippen molar-refractivity contribution in [3.8, 4) is 0 Å². The molecular formula is C23H37N5OS. The van der Waals surface area contributed by atoms with E-state index in [1.807, 2.05) is 7.05 Å². The van der Waals surface area contributed by atoms with Gasteiger partial charge in [-0.05, 0) is 43.2 Å². The van der Waals surface area contributed by atoms with Gasteiger partial charge in [0.25, 0.3) is 0 Å². The number of aryl methyl sites for hydroxylation is 1. The van der Waals surface area contributed by atoms with Crippen LogP contribution in [-0.2, 0) is 4.74 Å². The first kappa shape index (κ1) is 21.8. The maximum atomic E-state index is 5.60. The maximum absolute atomic E-state index is 5.60. The lowest BCUT2D eigenvalue weighted by molar-refractivity contribution is -0.0121. The van der Waals surface area contributed by atoms with Gasteiger partial charge in [-0.1, -0.05) is 12.1 Å². The number of nitrogens with zero attached hydrogens (tertiary/aromatic N) is 4. The molecule has 1 aromatic carbocycles. The maximum Gasteiger partial charge on any atom is 0.193 e. The van der Waals surface area contributed by atoms with Gasteiger partial charge in [-0.25, -0.2) is 0 Å². The Balaban J connectivity index is 1.35. The normalized spacial score (nSPS) is 26.3. The van der Waals surface area contributed by atoms with Crippen molar-refractivity contribution in [2.75, 3.05) is 82.5 Å². The van der Waals surface area contributed by atoms with Crippen molar-refractivity contribution in [3.05, 3.63) is 29.3 Å². The summed E-state index contributed by atoms with van der Waals surface area (Å²) in [6.45, 7) is 13.3. The van der Waals surface area contributed by atoms with E-state index in [0.29, 0.717) is 0 Å². The zero-order valence-electron chi connectivity index (χ0n) is 18.8. The molecule has 7 heteroatoms. The number of rotatable bonds is 4. The Morgan fingerprint density at radius 3 is 2.57 bits per heavy atom. The quantitative estimate of drug-likeness (QED) is 0.583. The van der Waals surface area contributed by atoms with Crippen molar-refractivity contribution < 1.29 is 4.74 Å². The molecule has 0 spiro atoms. The fourth-order valence-corrected chi connectivity index (χ4v) is 6.43. The van der Waals surface area contributed by atoms with Crippen molar-refractivity contribution >= 4 is 23.4 Å². The van der Waals surface area contributed by atoms with Crippen LogP contribution in [0.1, 0.15) is 17.5 Å². The number of hydrogen-bond acceptors (Lipinski definition) is 5. The van der Waals surface area contributed by atoms with E-state index in [1.54, 1.807) is 0 Å². The molecule has 0 saturated carbocycles. The van der Waals surface area contributed by atoms with Crippen LogP contribution in [0.25, 0.3) is 0 Å². The fraction of sp³-hybridized carbons (Fsp3) is 0.696. The average Bonchev–Trinajstić information content (AvgIpc) is 3.27. The Morgan fingerprint density at radius 2 is 1.90 bits per heavy atom. The number of nitrogens with one attached hydrogen (secondary N) is 1. The first-order valence-corrected chi connectivity index (χ1v) is 12.5. The third kappa shape index (κ3) is 4.58. The summed E-state index contributed by atoms with van der Waals surface area (Å²) in [5.41, 5.74) is 4.40. The Kier molecular flexibility index (Phi) is 7.11. The Morgan fingerprint density at radius 1 is 1.13 bits per heavy atom. The monoisotopic (exact) mass is 431 g/mol. The van der Waals surface area contributed by atoms with Crippen LogP contribution in [0.3, 0.4) is 0 Å². The van der Waals surface area contributed by atoms with Crippen LogP contribution in [0.15, 0.2) is 23.2 Å². The number of aliphatic imine (C=N–C) groups is 1. The number of thioether (sulfide) groups is 1. The lowest BCUT2D eigenvalue weighted by Crippen LogP contribution is -2.61. The number of morpholine rings is 1. The summed E-state index contributed by atoms with van der Waals surface area (Å²) in [5, 5.41) is 3.76. The molecule has 3 fully saturated rings. The van der Waals surface area contributed by atoms with E-state index in [2.05, 4.69) is 68.8 Å². The first-order chi connectivity index (χ1) is 14.6. The van der Waals surface area contributed by atoms with E-state index in [9.17, 15) is 0 Å². The first-order valence-electron chi connectivity index (χ1n) is 11.3. The van der Waals surface area contributed by atoms with Gasteiger partial charge >= 0.3 is 0 Å². The SMILES string of the molecule is CN=C(NCC1(N2CCOCC2)CCSC1)N1CCN(c2cccc(C)c2C)CC1. The van der Waals surface area contributed by atoms with Crippen LogP contribution in [0.2, 0.25) is 0 Å². The van der Waals surface area contributed by atoms with Crippen LogP contribution in [-0.4, -0.2) is 98.9 Å². The summed E-state index contributed by atoms with van der Waals surface area (Å²) in [5.74, 6) is 3.52.